The summed E-state index contributed by atoms with van der Waals surface area (Å²) in [6, 6.07) is 11.7. The van der Waals surface area contributed by atoms with Gasteiger partial charge >= 0.3 is 11.8 Å². The van der Waals surface area contributed by atoms with E-state index < -0.39 is 17.7 Å². The molecule has 2 rings (SSSR count). The third-order valence-electron chi connectivity index (χ3n) is 4.00. The van der Waals surface area contributed by atoms with Crippen LogP contribution >= 0.6 is 11.6 Å². The molecular weight excluding hydrogens is 422 g/mol. The Hall–Kier alpha value is -3.72. The van der Waals surface area contributed by atoms with Crippen LogP contribution in [0.5, 0.6) is 0 Å². The van der Waals surface area contributed by atoms with Crippen LogP contribution < -0.4 is 21.4 Å². The average Bonchev–Trinajstić information content (AvgIpc) is 2.70. The van der Waals surface area contributed by atoms with Gasteiger partial charge in [0.25, 0.3) is 0 Å². The minimum Gasteiger partial charge on any atom is -0.325 e. The summed E-state index contributed by atoms with van der Waals surface area (Å²) in [5, 5.41) is 12.0. The Bertz CT molecular complexity index is 1050. The van der Waals surface area contributed by atoms with Crippen LogP contribution in [-0.2, 0) is 19.2 Å². The highest BCUT2D eigenvalue weighted by atomic mass is 35.5. The SMILES string of the molecule is CC(=O)Nc1ccccc1NC(=O)CC(C)=NNC(=O)C(=O)Nc1cccc(Cl)c1C. The zero-order chi connectivity index (χ0) is 23.0. The summed E-state index contributed by atoms with van der Waals surface area (Å²) in [5.74, 6) is -2.59. The molecule has 0 bridgehead atoms. The van der Waals surface area contributed by atoms with Crippen LogP contribution in [-0.4, -0.2) is 29.3 Å². The summed E-state index contributed by atoms with van der Waals surface area (Å²) < 4.78 is 0. The number of nitrogens with zero attached hydrogens (tertiary/aromatic N) is 1. The second-order valence-corrected chi connectivity index (χ2v) is 7.01. The zero-order valence-corrected chi connectivity index (χ0v) is 18.0. The Balaban J connectivity index is 1.91. The maximum absolute atomic E-state index is 12.2. The first-order chi connectivity index (χ1) is 14.7. The largest absolute Gasteiger partial charge is 0.329 e. The van der Waals surface area contributed by atoms with Gasteiger partial charge in [0.15, 0.2) is 0 Å². The number of para-hydroxylation sites is 2. The van der Waals surface area contributed by atoms with Crippen molar-refractivity contribution in [1.82, 2.24) is 5.43 Å². The summed E-state index contributed by atoms with van der Waals surface area (Å²) >= 11 is 5.99. The predicted octanol–water partition coefficient (Wildman–Crippen LogP) is 3.07. The number of carbonyl (C=O) groups excluding carboxylic acids is 4. The topological polar surface area (TPSA) is 129 Å². The molecule has 0 aliphatic carbocycles. The number of hydrogen-bond donors (Lipinski definition) is 4. The van der Waals surface area contributed by atoms with E-state index in [9.17, 15) is 19.2 Å². The molecule has 0 saturated carbocycles. The molecule has 162 valence electrons. The molecule has 0 radical (unpaired) electrons. The van der Waals surface area contributed by atoms with E-state index in [4.69, 9.17) is 11.6 Å². The van der Waals surface area contributed by atoms with Crippen LogP contribution in [0, 0.1) is 6.92 Å². The highest BCUT2D eigenvalue weighted by molar-refractivity contribution is 6.40. The normalized spacial score (nSPS) is 10.8. The summed E-state index contributed by atoms with van der Waals surface area (Å²) in [6.45, 7) is 4.60. The Labute approximate surface area is 184 Å². The fourth-order valence-electron chi connectivity index (χ4n) is 2.48. The molecule has 4 amide bonds. The molecule has 0 saturated heterocycles. The lowest BCUT2D eigenvalue weighted by atomic mass is 10.2. The van der Waals surface area contributed by atoms with E-state index in [2.05, 4.69) is 26.5 Å². The van der Waals surface area contributed by atoms with Gasteiger partial charge in [0.05, 0.1) is 17.8 Å². The molecule has 31 heavy (non-hydrogen) atoms. The molecule has 0 atom stereocenters. The van der Waals surface area contributed by atoms with E-state index in [0.29, 0.717) is 27.6 Å². The Morgan fingerprint density at radius 3 is 2.10 bits per heavy atom. The van der Waals surface area contributed by atoms with Crippen LogP contribution in [0.1, 0.15) is 25.8 Å². The number of benzene rings is 2. The van der Waals surface area contributed by atoms with Gasteiger partial charge in [-0.3, -0.25) is 19.2 Å². The maximum Gasteiger partial charge on any atom is 0.329 e. The summed E-state index contributed by atoms with van der Waals surface area (Å²) in [7, 11) is 0. The van der Waals surface area contributed by atoms with Gasteiger partial charge in [-0.25, -0.2) is 5.43 Å². The van der Waals surface area contributed by atoms with E-state index in [1.807, 2.05) is 0 Å². The van der Waals surface area contributed by atoms with E-state index >= 15 is 0 Å². The van der Waals surface area contributed by atoms with Crippen molar-refractivity contribution in [2.45, 2.75) is 27.2 Å². The molecule has 2 aromatic carbocycles. The monoisotopic (exact) mass is 443 g/mol. The average molecular weight is 444 g/mol. The molecule has 0 heterocycles. The molecule has 0 aliphatic rings. The Kier molecular flexibility index (Phi) is 8.27. The molecule has 9 nitrogen and oxygen atoms in total. The smallest absolute Gasteiger partial charge is 0.325 e. The standard InChI is InChI=1S/C21H22ClN5O4/c1-12(11-19(29)24-18-9-5-4-8-17(18)23-14(3)28)26-27-21(31)20(30)25-16-10-6-7-15(22)13(16)2/h4-10H,11H2,1-3H3,(H,23,28)(H,24,29)(H,25,30)(H,27,31). The minimum atomic E-state index is -0.991. The van der Waals surface area contributed by atoms with E-state index in [-0.39, 0.29) is 18.0 Å². The van der Waals surface area contributed by atoms with E-state index in [1.54, 1.807) is 49.4 Å². The Morgan fingerprint density at radius 2 is 1.45 bits per heavy atom. The Morgan fingerprint density at radius 1 is 0.839 bits per heavy atom. The molecule has 0 spiro atoms. The number of hydrazone groups is 1. The fourth-order valence-corrected chi connectivity index (χ4v) is 2.65. The quantitative estimate of drug-likeness (QED) is 0.310. The maximum atomic E-state index is 12.2. The third kappa shape index (κ3) is 7.23. The van der Waals surface area contributed by atoms with Crippen molar-refractivity contribution < 1.29 is 19.2 Å². The van der Waals surface area contributed by atoms with E-state index in [1.165, 1.54) is 13.8 Å². The van der Waals surface area contributed by atoms with Crippen molar-refractivity contribution in [3.8, 4) is 0 Å². The highest BCUT2D eigenvalue weighted by Crippen LogP contribution is 2.23. The van der Waals surface area contributed by atoms with Gasteiger partial charge in [-0.05, 0) is 43.7 Å². The number of hydrogen-bond acceptors (Lipinski definition) is 5. The summed E-state index contributed by atoms with van der Waals surface area (Å²) in [6.07, 6.45) is -0.135. The fraction of sp³-hybridized carbons (Fsp3) is 0.190. The van der Waals surface area contributed by atoms with Gasteiger partial charge in [0.1, 0.15) is 0 Å². The van der Waals surface area contributed by atoms with Gasteiger partial charge in [-0.1, -0.05) is 29.8 Å². The van der Waals surface area contributed by atoms with Crippen LogP contribution in [0.25, 0.3) is 0 Å². The molecule has 4 N–H and O–H groups in total. The van der Waals surface area contributed by atoms with Crippen LogP contribution in [0.2, 0.25) is 5.02 Å². The van der Waals surface area contributed by atoms with Crippen molar-refractivity contribution in [3.05, 3.63) is 53.1 Å². The van der Waals surface area contributed by atoms with Crippen molar-refractivity contribution >= 4 is 58.0 Å². The first kappa shape index (κ1) is 23.6. The van der Waals surface area contributed by atoms with Gasteiger partial charge in [-0.2, -0.15) is 5.10 Å². The minimum absolute atomic E-state index is 0.135. The predicted molar refractivity (Wildman–Crippen MR) is 120 cm³/mol. The molecule has 0 aromatic heterocycles. The zero-order valence-electron chi connectivity index (χ0n) is 17.2. The van der Waals surface area contributed by atoms with Crippen LogP contribution in [0.15, 0.2) is 47.6 Å². The lowest BCUT2D eigenvalue weighted by Crippen LogP contribution is -2.33. The second kappa shape index (κ2) is 10.9. The first-order valence-electron chi connectivity index (χ1n) is 9.23. The summed E-state index contributed by atoms with van der Waals surface area (Å²) in [5.41, 5.74) is 4.30. The van der Waals surface area contributed by atoms with Crippen LogP contribution in [0.3, 0.4) is 0 Å². The first-order valence-corrected chi connectivity index (χ1v) is 9.61. The molecular formula is C21H22ClN5O4. The number of rotatable bonds is 6. The number of anilines is 3. The third-order valence-corrected chi connectivity index (χ3v) is 4.41. The number of halogens is 1. The molecule has 0 aliphatic heterocycles. The van der Waals surface area contributed by atoms with Gasteiger partial charge in [0, 0.05) is 23.3 Å². The van der Waals surface area contributed by atoms with Crippen LogP contribution in [0.4, 0.5) is 17.1 Å². The van der Waals surface area contributed by atoms with E-state index in [0.717, 1.165) is 0 Å². The molecule has 0 unspecified atom stereocenters. The number of amides is 4. The van der Waals surface area contributed by atoms with Crippen molar-refractivity contribution in [2.24, 2.45) is 5.10 Å². The van der Waals surface area contributed by atoms with Crippen molar-refractivity contribution in [2.75, 3.05) is 16.0 Å². The second-order valence-electron chi connectivity index (χ2n) is 6.61. The van der Waals surface area contributed by atoms with Crippen molar-refractivity contribution in [1.29, 1.82) is 0 Å². The lowest BCUT2D eigenvalue weighted by molar-refractivity contribution is -0.136. The van der Waals surface area contributed by atoms with Gasteiger partial charge < -0.3 is 16.0 Å². The number of nitrogens with one attached hydrogen (secondary N) is 4. The molecule has 0 fully saturated rings. The highest BCUT2D eigenvalue weighted by Gasteiger charge is 2.15. The van der Waals surface area contributed by atoms with Gasteiger partial charge in [-0.15, -0.1) is 0 Å². The molecule has 10 heteroatoms. The van der Waals surface area contributed by atoms with Gasteiger partial charge in [0.2, 0.25) is 11.8 Å². The molecule has 2 aromatic rings. The number of carbonyl (C=O) groups is 4. The summed E-state index contributed by atoms with van der Waals surface area (Å²) in [4.78, 5) is 47.5. The van der Waals surface area contributed by atoms with Crippen molar-refractivity contribution in [3.63, 3.8) is 0 Å². The lowest BCUT2D eigenvalue weighted by Gasteiger charge is -2.11.